The summed E-state index contributed by atoms with van der Waals surface area (Å²) in [6.07, 6.45) is 9.69. The number of allylic oxidation sites excluding steroid dienone is 4. The summed E-state index contributed by atoms with van der Waals surface area (Å²) < 4.78 is 40.8. The van der Waals surface area contributed by atoms with Gasteiger partial charge in [0.1, 0.15) is 10.6 Å². The molecule has 1 heterocycles. The van der Waals surface area contributed by atoms with Gasteiger partial charge in [-0.15, -0.1) is 0 Å². The second kappa shape index (κ2) is 9.70. The number of hydrogen-bond acceptors (Lipinski definition) is 5. The first kappa shape index (κ1) is 22.3. The molecule has 7 heteroatoms. The predicted molar refractivity (Wildman–Crippen MR) is 121 cm³/mol. The van der Waals surface area contributed by atoms with E-state index in [9.17, 15) is 13.7 Å². The molecule has 0 saturated heterocycles. The third kappa shape index (κ3) is 4.49. The molecule has 0 radical (unpaired) electrons. The van der Waals surface area contributed by atoms with Crippen molar-refractivity contribution >= 4 is 10.0 Å². The summed E-state index contributed by atoms with van der Waals surface area (Å²) in [7, 11) is -2.47. The summed E-state index contributed by atoms with van der Waals surface area (Å²) in [5.74, 6) is 0.512. The molecule has 2 aromatic carbocycles. The van der Waals surface area contributed by atoms with Crippen LogP contribution in [0.1, 0.15) is 29.5 Å². The molecule has 0 fully saturated rings. The number of ether oxygens (including phenoxy) is 2. The summed E-state index contributed by atoms with van der Waals surface area (Å²) >= 11 is 0. The van der Waals surface area contributed by atoms with E-state index in [1.165, 1.54) is 11.4 Å². The van der Waals surface area contributed by atoms with Crippen LogP contribution in [0.2, 0.25) is 0 Å². The third-order valence-corrected chi connectivity index (χ3v) is 7.92. The number of sulfonamides is 1. The molecule has 0 spiro atoms. The number of hydrogen-bond donors (Lipinski definition) is 0. The zero-order valence-electron chi connectivity index (χ0n) is 18.0. The van der Waals surface area contributed by atoms with Gasteiger partial charge in [0, 0.05) is 12.6 Å². The van der Waals surface area contributed by atoms with Crippen LogP contribution >= 0.6 is 0 Å². The zero-order valence-corrected chi connectivity index (χ0v) is 18.8. The number of benzene rings is 2. The van der Waals surface area contributed by atoms with Crippen molar-refractivity contribution in [1.82, 2.24) is 4.31 Å². The van der Waals surface area contributed by atoms with Crippen LogP contribution in [-0.2, 0) is 27.9 Å². The molecule has 0 bridgehead atoms. The SMILES string of the molecule is COc1ccccc1S(=O)(=O)N1Cc2c(C#N)cccc2COCC1CC1C=CC=CC1. The molecule has 1 aliphatic heterocycles. The van der Waals surface area contributed by atoms with Crippen molar-refractivity contribution in [3.63, 3.8) is 0 Å². The Hall–Kier alpha value is -2.92. The first-order valence-electron chi connectivity index (χ1n) is 10.6. The van der Waals surface area contributed by atoms with E-state index in [0.29, 0.717) is 29.9 Å². The number of para-hydroxylation sites is 1. The molecule has 1 aliphatic carbocycles. The standard InChI is InChI=1S/C25H26N2O4S/c1-30-24-12-5-6-13-25(24)32(28,29)27-16-23-20(15-26)10-7-11-21(23)17-31-18-22(27)14-19-8-3-2-4-9-19/h2-8,10-13,19,22H,9,14,16-18H2,1H3. The van der Waals surface area contributed by atoms with Crippen molar-refractivity contribution in [3.8, 4) is 11.8 Å². The molecule has 166 valence electrons. The van der Waals surface area contributed by atoms with Crippen LogP contribution in [0.25, 0.3) is 0 Å². The van der Waals surface area contributed by atoms with Crippen molar-refractivity contribution in [2.75, 3.05) is 13.7 Å². The van der Waals surface area contributed by atoms with Gasteiger partial charge in [-0.2, -0.15) is 9.57 Å². The molecule has 0 N–H and O–H groups in total. The molecule has 0 amide bonds. The van der Waals surface area contributed by atoms with E-state index in [1.54, 1.807) is 36.4 Å². The van der Waals surface area contributed by atoms with Crippen LogP contribution in [0.5, 0.6) is 5.75 Å². The highest BCUT2D eigenvalue weighted by Gasteiger charge is 2.36. The van der Waals surface area contributed by atoms with Crippen molar-refractivity contribution in [2.24, 2.45) is 5.92 Å². The van der Waals surface area contributed by atoms with Gasteiger partial charge in [0.25, 0.3) is 0 Å². The van der Waals surface area contributed by atoms with Gasteiger partial charge in [0.2, 0.25) is 10.0 Å². The van der Waals surface area contributed by atoms with Crippen molar-refractivity contribution < 1.29 is 17.9 Å². The summed E-state index contributed by atoms with van der Waals surface area (Å²) in [4.78, 5) is 0.114. The summed E-state index contributed by atoms with van der Waals surface area (Å²) in [6.45, 7) is 0.739. The fourth-order valence-corrected chi connectivity index (χ4v) is 6.06. The molecule has 2 atom stereocenters. The van der Waals surface area contributed by atoms with E-state index in [4.69, 9.17) is 9.47 Å². The van der Waals surface area contributed by atoms with Gasteiger partial charge in [-0.25, -0.2) is 8.42 Å². The number of fused-ring (bicyclic) bond motifs is 1. The summed E-state index contributed by atoms with van der Waals surface area (Å²) in [6, 6.07) is 13.9. The Morgan fingerprint density at radius 1 is 1.19 bits per heavy atom. The third-order valence-electron chi connectivity index (χ3n) is 5.98. The van der Waals surface area contributed by atoms with Crippen molar-refractivity contribution in [1.29, 1.82) is 5.26 Å². The molecule has 2 unspecified atom stereocenters. The number of nitriles is 1. The van der Waals surface area contributed by atoms with Gasteiger partial charge in [0.05, 0.1) is 32.0 Å². The second-order valence-electron chi connectivity index (χ2n) is 7.97. The van der Waals surface area contributed by atoms with Gasteiger partial charge in [-0.05, 0) is 48.1 Å². The summed E-state index contributed by atoms with van der Waals surface area (Å²) in [5, 5.41) is 9.68. The van der Waals surface area contributed by atoms with Crippen LogP contribution in [-0.4, -0.2) is 32.5 Å². The Labute approximate surface area is 189 Å². The molecule has 4 rings (SSSR count). The Balaban J connectivity index is 1.80. The maximum Gasteiger partial charge on any atom is 0.247 e. The van der Waals surface area contributed by atoms with Crippen LogP contribution in [0, 0.1) is 17.2 Å². The van der Waals surface area contributed by atoms with Gasteiger partial charge < -0.3 is 9.47 Å². The van der Waals surface area contributed by atoms with E-state index in [-0.39, 0.29) is 30.0 Å². The molecule has 32 heavy (non-hydrogen) atoms. The van der Waals surface area contributed by atoms with Gasteiger partial charge in [0.15, 0.2) is 0 Å². The van der Waals surface area contributed by atoms with Crippen molar-refractivity contribution in [2.45, 2.75) is 36.9 Å². The largest absolute Gasteiger partial charge is 0.495 e. The first-order chi connectivity index (χ1) is 15.5. The quantitative estimate of drug-likeness (QED) is 0.683. The average Bonchev–Trinajstić information content (AvgIpc) is 2.81. The zero-order chi connectivity index (χ0) is 22.6. The predicted octanol–water partition coefficient (Wildman–Crippen LogP) is 4.18. The molecule has 6 nitrogen and oxygen atoms in total. The minimum Gasteiger partial charge on any atom is -0.495 e. The molecule has 0 aromatic heterocycles. The second-order valence-corrected chi connectivity index (χ2v) is 9.83. The molecule has 0 saturated carbocycles. The topological polar surface area (TPSA) is 79.6 Å². The van der Waals surface area contributed by atoms with Crippen LogP contribution < -0.4 is 4.74 Å². The highest BCUT2D eigenvalue weighted by atomic mass is 32.2. The lowest BCUT2D eigenvalue weighted by Crippen LogP contribution is -2.44. The van der Waals surface area contributed by atoms with Gasteiger partial charge >= 0.3 is 0 Å². The number of rotatable bonds is 5. The van der Waals surface area contributed by atoms with E-state index in [1.807, 2.05) is 18.2 Å². The molecular weight excluding hydrogens is 424 g/mol. The Kier molecular flexibility index (Phi) is 6.75. The van der Waals surface area contributed by atoms with E-state index in [2.05, 4.69) is 18.2 Å². The number of nitrogens with zero attached hydrogens (tertiary/aromatic N) is 2. The van der Waals surface area contributed by atoms with Crippen molar-refractivity contribution in [3.05, 3.63) is 83.5 Å². The van der Waals surface area contributed by atoms with Crippen LogP contribution in [0.4, 0.5) is 0 Å². The maximum atomic E-state index is 14.0. The highest BCUT2D eigenvalue weighted by molar-refractivity contribution is 7.89. The number of methoxy groups -OCH3 is 1. The molecule has 2 aromatic rings. The minimum absolute atomic E-state index is 0.111. The molecule has 2 aliphatic rings. The lowest BCUT2D eigenvalue weighted by molar-refractivity contribution is 0.0604. The molecular formula is C25H26N2O4S. The lowest BCUT2D eigenvalue weighted by atomic mass is 9.93. The lowest BCUT2D eigenvalue weighted by Gasteiger charge is -2.35. The Bertz CT molecular complexity index is 1180. The van der Waals surface area contributed by atoms with Crippen LogP contribution in [0.3, 0.4) is 0 Å². The van der Waals surface area contributed by atoms with E-state index >= 15 is 0 Å². The smallest absolute Gasteiger partial charge is 0.247 e. The van der Waals surface area contributed by atoms with Gasteiger partial charge in [-0.3, -0.25) is 0 Å². The Morgan fingerprint density at radius 2 is 2.03 bits per heavy atom. The maximum absolute atomic E-state index is 14.0. The van der Waals surface area contributed by atoms with E-state index < -0.39 is 10.0 Å². The van der Waals surface area contributed by atoms with E-state index in [0.717, 1.165) is 12.0 Å². The van der Waals surface area contributed by atoms with Gasteiger partial charge in [-0.1, -0.05) is 48.6 Å². The first-order valence-corrected chi connectivity index (χ1v) is 12.1. The highest BCUT2D eigenvalue weighted by Crippen LogP contribution is 2.33. The average molecular weight is 451 g/mol. The fraction of sp³-hybridized carbons (Fsp3) is 0.320. The Morgan fingerprint density at radius 3 is 2.78 bits per heavy atom. The monoisotopic (exact) mass is 450 g/mol. The normalized spacial score (nSPS) is 21.2. The fourth-order valence-electron chi connectivity index (χ4n) is 4.32. The summed E-state index contributed by atoms with van der Waals surface area (Å²) in [5.41, 5.74) is 1.99. The van der Waals surface area contributed by atoms with Crippen LogP contribution in [0.15, 0.2) is 71.7 Å². The minimum atomic E-state index is -3.94.